The highest BCUT2D eigenvalue weighted by atomic mass is 15.3. The summed E-state index contributed by atoms with van der Waals surface area (Å²) < 4.78 is 3.54. The third-order valence-corrected chi connectivity index (χ3v) is 3.79. The molecular formula is C17H23N9. The Bertz CT molecular complexity index is 836. The normalized spacial score (nSPS) is 11.5. The lowest BCUT2D eigenvalue weighted by atomic mass is 10.1. The van der Waals surface area contributed by atoms with E-state index in [1.807, 2.05) is 20.0 Å². The largest absolute Gasteiger partial charge is 0.357 e. The molecule has 0 atom stereocenters. The van der Waals surface area contributed by atoms with Gasteiger partial charge in [-0.3, -0.25) is 4.68 Å². The van der Waals surface area contributed by atoms with E-state index in [2.05, 4.69) is 54.0 Å². The fraction of sp³-hybridized carbons (Fsp3) is 0.353. The molecule has 136 valence electrons. The van der Waals surface area contributed by atoms with Crippen LogP contribution in [-0.4, -0.2) is 42.0 Å². The van der Waals surface area contributed by atoms with Crippen LogP contribution in [0.5, 0.6) is 0 Å². The van der Waals surface area contributed by atoms with Gasteiger partial charge in [0.1, 0.15) is 24.8 Å². The maximum Gasteiger partial charge on any atom is 0.191 e. The van der Waals surface area contributed by atoms with E-state index in [-0.39, 0.29) is 0 Å². The Labute approximate surface area is 152 Å². The second-order valence-corrected chi connectivity index (χ2v) is 5.76. The Balaban J connectivity index is 1.62. The molecule has 1 aromatic carbocycles. The third-order valence-electron chi connectivity index (χ3n) is 3.79. The van der Waals surface area contributed by atoms with Gasteiger partial charge in [0.25, 0.3) is 0 Å². The predicted octanol–water partition coefficient (Wildman–Crippen LogP) is 0.710. The van der Waals surface area contributed by atoms with Crippen molar-refractivity contribution >= 4 is 5.96 Å². The van der Waals surface area contributed by atoms with Crippen molar-refractivity contribution in [2.75, 3.05) is 6.54 Å². The number of hydrogen-bond donors (Lipinski definition) is 2. The summed E-state index contributed by atoms with van der Waals surface area (Å²) in [5.41, 5.74) is 2.30. The number of aryl methyl sites for hydroxylation is 1. The average Bonchev–Trinajstić information content (AvgIpc) is 3.29. The van der Waals surface area contributed by atoms with Gasteiger partial charge in [-0.25, -0.2) is 19.6 Å². The van der Waals surface area contributed by atoms with Crippen molar-refractivity contribution in [3.05, 3.63) is 60.2 Å². The lowest BCUT2D eigenvalue weighted by Crippen LogP contribution is -2.37. The molecule has 3 rings (SSSR count). The maximum absolute atomic E-state index is 4.65. The first kappa shape index (κ1) is 17.6. The minimum absolute atomic E-state index is 0.564. The highest BCUT2D eigenvalue weighted by Gasteiger charge is 2.03. The predicted molar refractivity (Wildman–Crippen MR) is 98.2 cm³/mol. The molecule has 0 aliphatic carbocycles. The summed E-state index contributed by atoms with van der Waals surface area (Å²) in [5.74, 6) is 1.60. The zero-order chi connectivity index (χ0) is 18.2. The molecule has 26 heavy (non-hydrogen) atoms. The Hall–Kier alpha value is -3.23. The van der Waals surface area contributed by atoms with Crippen molar-refractivity contribution in [1.29, 1.82) is 0 Å². The van der Waals surface area contributed by atoms with Crippen LogP contribution in [0.1, 0.15) is 23.9 Å². The molecule has 2 heterocycles. The zero-order valence-electron chi connectivity index (χ0n) is 15.0. The van der Waals surface area contributed by atoms with Crippen molar-refractivity contribution in [2.45, 2.75) is 26.6 Å². The molecule has 0 amide bonds. The molecule has 0 unspecified atom stereocenters. The average molecular weight is 353 g/mol. The van der Waals surface area contributed by atoms with Crippen LogP contribution in [0.3, 0.4) is 0 Å². The molecule has 0 aliphatic heterocycles. The Morgan fingerprint density at radius 1 is 1.15 bits per heavy atom. The van der Waals surface area contributed by atoms with Crippen LogP contribution in [0.4, 0.5) is 0 Å². The summed E-state index contributed by atoms with van der Waals surface area (Å²) in [4.78, 5) is 12.8. The molecule has 0 bridgehead atoms. The molecular weight excluding hydrogens is 330 g/mol. The second kappa shape index (κ2) is 8.75. The fourth-order valence-corrected chi connectivity index (χ4v) is 2.48. The van der Waals surface area contributed by atoms with Gasteiger partial charge in [0, 0.05) is 13.6 Å². The molecule has 0 radical (unpaired) electrons. The molecule has 0 aliphatic rings. The Kier molecular flexibility index (Phi) is 5.92. The van der Waals surface area contributed by atoms with Gasteiger partial charge >= 0.3 is 0 Å². The van der Waals surface area contributed by atoms with Gasteiger partial charge in [0.15, 0.2) is 5.96 Å². The first-order valence-electron chi connectivity index (χ1n) is 8.50. The highest BCUT2D eigenvalue weighted by Crippen LogP contribution is 2.08. The van der Waals surface area contributed by atoms with Crippen LogP contribution >= 0.6 is 0 Å². The van der Waals surface area contributed by atoms with Gasteiger partial charge in [-0.15, -0.1) is 0 Å². The van der Waals surface area contributed by atoms with Crippen molar-refractivity contribution in [2.24, 2.45) is 12.0 Å². The Morgan fingerprint density at radius 3 is 2.77 bits per heavy atom. The first-order chi connectivity index (χ1) is 12.7. The van der Waals surface area contributed by atoms with Crippen LogP contribution in [0.25, 0.3) is 0 Å². The number of guanidine groups is 1. The number of benzene rings is 1. The van der Waals surface area contributed by atoms with Gasteiger partial charge < -0.3 is 10.6 Å². The lowest BCUT2D eigenvalue weighted by molar-refractivity contribution is 0.673. The lowest BCUT2D eigenvalue weighted by Gasteiger charge is -2.11. The van der Waals surface area contributed by atoms with Gasteiger partial charge in [-0.2, -0.15) is 10.2 Å². The third kappa shape index (κ3) is 4.88. The highest BCUT2D eigenvalue weighted by molar-refractivity contribution is 5.79. The summed E-state index contributed by atoms with van der Waals surface area (Å²) in [6.07, 6.45) is 4.80. The molecule has 9 nitrogen and oxygen atoms in total. The number of hydrogen-bond acceptors (Lipinski definition) is 5. The number of aliphatic imine (C=N–C) groups is 1. The van der Waals surface area contributed by atoms with Crippen LogP contribution in [0, 0.1) is 0 Å². The molecule has 0 saturated carbocycles. The summed E-state index contributed by atoms with van der Waals surface area (Å²) >= 11 is 0. The molecule has 3 aromatic rings. The number of aromatic nitrogens is 6. The van der Waals surface area contributed by atoms with Crippen LogP contribution in [0.2, 0.25) is 0 Å². The van der Waals surface area contributed by atoms with Gasteiger partial charge in [0.05, 0.1) is 19.6 Å². The van der Waals surface area contributed by atoms with E-state index in [0.717, 1.165) is 23.9 Å². The van der Waals surface area contributed by atoms with E-state index < -0.39 is 0 Å². The fourth-order valence-electron chi connectivity index (χ4n) is 2.48. The van der Waals surface area contributed by atoms with Crippen molar-refractivity contribution in [3.63, 3.8) is 0 Å². The van der Waals surface area contributed by atoms with Gasteiger partial charge in [0.2, 0.25) is 0 Å². The van der Waals surface area contributed by atoms with Crippen LogP contribution < -0.4 is 10.6 Å². The summed E-state index contributed by atoms with van der Waals surface area (Å²) in [7, 11) is 1.87. The van der Waals surface area contributed by atoms with Gasteiger partial charge in [-0.05, 0) is 18.1 Å². The van der Waals surface area contributed by atoms with E-state index in [9.17, 15) is 0 Å². The minimum atomic E-state index is 0.564. The van der Waals surface area contributed by atoms with Crippen LogP contribution in [-0.2, 0) is 26.7 Å². The SMILES string of the molecule is CCNC(=NCc1cccc(Cn2cncn2)c1)NCc1ncnn1C. The number of nitrogens with one attached hydrogen (secondary N) is 2. The molecule has 0 fully saturated rings. The molecule has 0 saturated heterocycles. The first-order valence-corrected chi connectivity index (χ1v) is 8.50. The maximum atomic E-state index is 4.65. The summed E-state index contributed by atoms with van der Waals surface area (Å²) in [6, 6.07) is 8.32. The molecule has 2 N–H and O–H groups in total. The van der Waals surface area contributed by atoms with Crippen molar-refractivity contribution < 1.29 is 0 Å². The summed E-state index contributed by atoms with van der Waals surface area (Å²) in [5, 5.41) is 14.7. The second-order valence-electron chi connectivity index (χ2n) is 5.76. The van der Waals surface area contributed by atoms with Crippen LogP contribution in [0.15, 0.2) is 48.2 Å². The molecule has 9 heteroatoms. The standard InChI is InChI=1S/C17H23N9/c1-3-19-17(21-9-16-22-12-23-25(16)2)20-8-14-5-4-6-15(7-14)10-26-13-18-11-24-26/h4-7,11-13H,3,8-10H2,1-2H3,(H2,19,20,21). The van der Waals surface area contributed by atoms with E-state index in [4.69, 9.17) is 0 Å². The number of rotatable bonds is 7. The number of nitrogens with zero attached hydrogens (tertiary/aromatic N) is 7. The van der Waals surface area contributed by atoms with E-state index in [1.54, 1.807) is 28.3 Å². The molecule has 2 aromatic heterocycles. The van der Waals surface area contributed by atoms with E-state index in [0.29, 0.717) is 19.6 Å². The van der Waals surface area contributed by atoms with Crippen molar-refractivity contribution in [3.8, 4) is 0 Å². The molecule has 0 spiro atoms. The van der Waals surface area contributed by atoms with Gasteiger partial charge in [-0.1, -0.05) is 24.3 Å². The quantitative estimate of drug-likeness (QED) is 0.480. The van der Waals surface area contributed by atoms with E-state index in [1.165, 1.54) is 5.56 Å². The van der Waals surface area contributed by atoms with E-state index >= 15 is 0 Å². The smallest absolute Gasteiger partial charge is 0.191 e. The summed E-state index contributed by atoms with van der Waals surface area (Å²) in [6.45, 7) is 4.67. The minimum Gasteiger partial charge on any atom is -0.357 e. The Morgan fingerprint density at radius 2 is 2.04 bits per heavy atom. The monoisotopic (exact) mass is 353 g/mol. The van der Waals surface area contributed by atoms with Crippen molar-refractivity contribution in [1.82, 2.24) is 40.2 Å². The topological polar surface area (TPSA) is 97.8 Å². The zero-order valence-corrected chi connectivity index (χ0v) is 15.0.